The van der Waals surface area contributed by atoms with Gasteiger partial charge in [-0.2, -0.15) is 0 Å². The molecule has 1 aliphatic rings. The Morgan fingerprint density at radius 2 is 2.40 bits per heavy atom. The van der Waals surface area contributed by atoms with E-state index in [9.17, 15) is 4.79 Å². The lowest BCUT2D eigenvalue weighted by molar-refractivity contribution is -0.118. The highest BCUT2D eigenvalue weighted by Crippen LogP contribution is 2.10. The molecule has 10 heavy (non-hydrogen) atoms. The number of amides is 1. The molecule has 3 nitrogen and oxygen atoms in total. The van der Waals surface area contributed by atoms with E-state index in [-0.39, 0.29) is 18.3 Å². The lowest BCUT2D eigenvalue weighted by Gasteiger charge is -2.01. The summed E-state index contributed by atoms with van der Waals surface area (Å²) in [5, 5.41) is 3.17. The van der Waals surface area contributed by atoms with Gasteiger partial charge >= 0.3 is 0 Å². The smallest absolute Gasteiger partial charge is 0.217 e. The number of hydrogen-bond acceptors (Lipinski definition) is 2. The fraction of sp³-hybridized carbons (Fsp3) is 0.833. The van der Waals surface area contributed by atoms with Crippen LogP contribution in [-0.2, 0) is 4.79 Å². The Bertz CT molecular complexity index is 112. The minimum absolute atomic E-state index is 0. The van der Waals surface area contributed by atoms with Crippen LogP contribution in [0.5, 0.6) is 0 Å². The normalized spacial score (nSPS) is 23.8. The van der Waals surface area contributed by atoms with Gasteiger partial charge in [0.2, 0.25) is 5.91 Å². The van der Waals surface area contributed by atoms with E-state index in [0.29, 0.717) is 12.3 Å². The lowest BCUT2D eigenvalue weighted by Crippen LogP contribution is -2.18. The van der Waals surface area contributed by atoms with Crippen molar-refractivity contribution in [1.29, 1.82) is 0 Å². The second kappa shape index (κ2) is 4.52. The number of nitrogens with one attached hydrogen (secondary N) is 1. The van der Waals surface area contributed by atoms with Crippen molar-refractivity contribution in [3.05, 3.63) is 0 Å². The number of carbonyl (C=O) groups excluding carboxylic acids is 1. The Kier molecular flexibility index (Phi) is 4.40. The standard InChI is InChI=1S/C6H12N2O.ClH/c7-6(9)3-5-1-2-8-4-5;/h5,8H,1-4H2,(H2,7,9);1H/t5-;/m0./s1. The summed E-state index contributed by atoms with van der Waals surface area (Å²) < 4.78 is 0. The van der Waals surface area contributed by atoms with Gasteiger partial charge in [-0.3, -0.25) is 4.79 Å². The monoisotopic (exact) mass is 164 g/mol. The van der Waals surface area contributed by atoms with Crippen molar-refractivity contribution >= 4 is 18.3 Å². The van der Waals surface area contributed by atoms with Gasteiger partial charge in [0.05, 0.1) is 0 Å². The van der Waals surface area contributed by atoms with Crippen molar-refractivity contribution in [2.24, 2.45) is 11.7 Å². The quantitative estimate of drug-likeness (QED) is 0.599. The zero-order chi connectivity index (χ0) is 6.69. The summed E-state index contributed by atoms with van der Waals surface area (Å²) in [6.45, 7) is 2.00. The Labute approximate surface area is 66.8 Å². The van der Waals surface area contributed by atoms with E-state index in [1.54, 1.807) is 0 Å². The molecular formula is C6H13ClN2O. The van der Waals surface area contributed by atoms with Crippen LogP contribution in [0.3, 0.4) is 0 Å². The molecule has 0 aromatic carbocycles. The Morgan fingerprint density at radius 3 is 2.80 bits per heavy atom. The van der Waals surface area contributed by atoms with Gasteiger partial charge in [0.15, 0.2) is 0 Å². The minimum Gasteiger partial charge on any atom is -0.370 e. The van der Waals surface area contributed by atoms with Crippen LogP contribution in [0.25, 0.3) is 0 Å². The molecule has 60 valence electrons. The van der Waals surface area contributed by atoms with Crippen LogP contribution in [0.2, 0.25) is 0 Å². The average molecular weight is 165 g/mol. The van der Waals surface area contributed by atoms with Crippen LogP contribution in [0.1, 0.15) is 12.8 Å². The highest BCUT2D eigenvalue weighted by atomic mass is 35.5. The molecule has 1 rings (SSSR count). The van der Waals surface area contributed by atoms with Gasteiger partial charge in [0.25, 0.3) is 0 Å². The highest BCUT2D eigenvalue weighted by Gasteiger charge is 2.15. The summed E-state index contributed by atoms with van der Waals surface area (Å²) >= 11 is 0. The first-order valence-electron chi connectivity index (χ1n) is 3.28. The molecule has 0 bridgehead atoms. The molecule has 0 aromatic heterocycles. The van der Waals surface area contributed by atoms with Crippen molar-refractivity contribution in [3.63, 3.8) is 0 Å². The van der Waals surface area contributed by atoms with Gasteiger partial charge < -0.3 is 11.1 Å². The Morgan fingerprint density at radius 1 is 1.70 bits per heavy atom. The molecule has 4 heteroatoms. The molecule has 0 spiro atoms. The summed E-state index contributed by atoms with van der Waals surface area (Å²) in [5.74, 6) is 0.325. The molecule has 1 saturated heterocycles. The van der Waals surface area contributed by atoms with Gasteiger partial charge in [-0.05, 0) is 25.4 Å². The molecule has 1 fully saturated rings. The van der Waals surface area contributed by atoms with Crippen molar-refractivity contribution < 1.29 is 4.79 Å². The number of primary amides is 1. The predicted molar refractivity (Wildman–Crippen MR) is 42.0 cm³/mol. The second-order valence-electron chi connectivity index (χ2n) is 2.53. The van der Waals surface area contributed by atoms with Crippen LogP contribution < -0.4 is 11.1 Å². The van der Waals surface area contributed by atoms with Crippen LogP contribution in [-0.4, -0.2) is 19.0 Å². The molecule has 0 aromatic rings. The summed E-state index contributed by atoms with van der Waals surface area (Å²) in [5.41, 5.74) is 5.01. The zero-order valence-electron chi connectivity index (χ0n) is 5.80. The van der Waals surface area contributed by atoms with Crippen LogP contribution in [0.15, 0.2) is 0 Å². The summed E-state index contributed by atoms with van der Waals surface area (Å²) in [6, 6.07) is 0. The largest absolute Gasteiger partial charge is 0.370 e. The van der Waals surface area contributed by atoms with Gasteiger partial charge in [-0.1, -0.05) is 0 Å². The Balaban J connectivity index is 0.000000810. The molecule has 0 aliphatic carbocycles. The number of carbonyl (C=O) groups is 1. The maximum Gasteiger partial charge on any atom is 0.217 e. The number of halogens is 1. The number of rotatable bonds is 2. The SMILES string of the molecule is Cl.NC(=O)C[C@@H]1CCNC1. The van der Waals surface area contributed by atoms with Crippen LogP contribution >= 0.6 is 12.4 Å². The molecular weight excluding hydrogens is 152 g/mol. The van der Waals surface area contributed by atoms with Crippen LogP contribution in [0.4, 0.5) is 0 Å². The first kappa shape index (κ1) is 9.72. The highest BCUT2D eigenvalue weighted by molar-refractivity contribution is 5.85. The molecule has 0 radical (unpaired) electrons. The maximum atomic E-state index is 10.3. The first-order valence-corrected chi connectivity index (χ1v) is 3.28. The summed E-state index contributed by atoms with van der Waals surface area (Å²) in [4.78, 5) is 10.3. The third-order valence-corrected chi connectivity index (χ3v) is 1.65. The van der Waals surface area contributed by atoms with Crippen molar-refractivity contribution in [1.82, 2.24) is 5.32 Å². The van der Waals surface area contributed by atoms with Gasteiger partial charge in [0, 0.05) is 6.42 Å². The summed E-state index contributed by atoms with van der Waals surface area (Å²) in [7, 11) is 0. The number of hydrogen-bond donors (Lipinski definition) is 2. The first-order chi connectivity index (χ1) is 4.29. The second-order valence-corrected chi connectivity index (χ2v) is 2.53. The predicted octanol–water partition coefficient (Wildman–Crippen LogP) is -0.107. The van der Waals surface area contributed by atoms with E-state index in [0.717, 1.165) is 19.5 Å². The van der Waals surface area contributed by atoms with E-state index < -0.39 is 0 Å². The van der Waals surface area contributed by atoms with Gasteiger partial charge in [-0.25, -0.2) is 0 Å². The third kappa shape index (κ3) is 3.03. The van der Waals surface area contributed by atoms with E-state index in [1.807, 2.05) is 0 Å². The molecule has 1 atom stereocenters. The topological polar surface area (TPSA) is 55.1 Å². The molecule has 1 aliphatic heterocycles. The molecule has 1 heterocycles. The van der Waals surface area contributed by atoms with E-state index in [2.05, 4.69) is 5.32 Å². The lowest BCUT2D eigenvalue weighted by atomic mass is 10.1. The van der Waals surface area contributed by atoms with Crippen LogP contribution in [0, 0.1) is 5.92 Å². The molecule has 0 unspecified atom stereocenters. The van der Waals surface area contributed by atoms with Crippen molar-refractivity contribution in [3.8, 4) is 0 Å². The maximum absolute atomic E-state index is 10.3. The minimum atomic E-state index is -0.177. The fourth-order valence-electron chi connectivity index (χ4n) is 1.17. The summed E-state index contributed by atoms with van der Waals surface area (Å²) in [6.07, 6.45) is 1.65. The molecule has 3 N–H and O–H groups in total. The van der Waals surface area contributed by atoms with Gasteiger partial charge in [-0.15, -0.1) is 12.4 Å². The number of nitrogens with two attached hydrogens (primary N) is 1. The van der Waals surface area contributed by atoms with Gasteiger partial charge in [0.1, 0.15) is 0 Å². The van der Waals surface area contributed by atoms with E-state index in [4.69, 9.17) is 5.73 Å². The molecule has 0 saturated carbocycles. The van der Waals surface area contributed by atoms with E-state index in [1.165, 1.54) is 0 Å². The zero-order valence-corrected chi connectivity index (χ0v) is 6.62. The van der Waals surface area contributed by atoms with Crippen molar-refractivity contribution in [2.75, 3.05) is 13.1 Å². The molecule has 1 amide bonds. The third-order valence-electron chi connectivity index (χ3n) is 1.65. The fourth-order valence-corrected chi connectivity index (χ4v) is 1.17. The van der Waals surface area contributed by atoms with Crippen molar-refractivity contribution in [2.45, 2.75) is 12.8 Å². The Hall–Kier alpha value is -0.280. The van der Waals surface area contributed by atoms with E-state index >= 15 is 0 Å². The average Bonchev–Trinajstić information content (AvgIpc) is 2.15.